The summed E-state index contributed by atoms with van der Waals surface area (Å²) in [4.78, 5) is 16.4. The SMILES string of the molecule is O=c1c(-c2cccc(Cl)c2)cnc2n1C(O)CN2. The first kappa shape index (κ1) is 11.3. The summed E-state index contributed by atoms with van der Waals surface area (Å²) in [6.07, 6.45) is 0.615. The van der Waals surface area contributed by atoms with Crippen molar-refractivity contribution in [3.05, 3.63) is 45.8 Å². The van der Waals surface area contributed by atoms with Gasteiger partial charge in [0, 0.05) is 11.2 Å². The van der Waals surface area contributed by atoms with Crippen molar-refractivity contribution in [2.24, 2.45) is 0 Å². The smallest absolute Gasteiger partial charge is 0.264 e. The minimum atomic E-state index is -0.876. The molecule has 1 aliphatic rings. The maximum absolute atomic E-state index is 12.3. The lowest BCUT2D eigenvalue weighted by Gasteiger charge is -2.08. The minimum Gasteiger partial charge on any atom is -0.371 e. The summed E-state index contributed by atoms with van der Waals surface area (Å²) in [5.41, 5.74) is 0.832. The number of nitrogens with one attached hydrogen (secondary N) is 1. The summed E-state index contributed by atoms with van der Waals surface area (Å²) in [6.45, 7) is 0.293. The number of β-amino-alcohol motifs (C(OH)–C–C–N with tert-alkyl or cyclic N) is 1. The van der Waals surface area contributed by atoms with Crippen molar-refractivity contribution >= 4 is 17.5 Å². The van der Waals surface area contributed by atoms with E-state index in [4.69, 9.17) is 11.6 Å². The Morgan fingerprint density at radius 3 is 3.11 bits per heavy atom. The normalized spacial score (nSPS) is 17.3. The average molecular weight is 264 g/mol. The molecule has 0 spiro atoms. The topological polar surface area (TPSA) is 67.2 Å². The Balaban J connectivity index is 2.21. The molecule has 0 saturated heterocycles. The first-order valence-electron chi connectivity index (χ1n) is 5.46. The molecule has 1 aromatic carbocycles. The number of aliphatic hydroxyl groups is 1. The molecular formula is C12H10ClN3O2. The van der Waals surface area contributed by atoms with Crippen molar-refractivity contribution in [2.75, 3.05) is 11.9 Å². The Hall–Kier alpha value is -1.85. The van der Waals surface area contributed by atoms with Gasteiger partial charge in [0.25, 0.3) is 5.56 Å². The van der Waals surface area contributed by atoms with E-state index in [1.165, 1.54) is 10.8 Å². The van der Waals surface area contributed by atoms with Crippen LogP contribution in [0, 0.1) is 0 Å². The summed E-state index contributed by atoms with van der Waals surface area (Å²) in [6, 6.07) is 6.98. The zero-order valence-corrected chi connectivity index (χ0v) is 10.1. The van der Waals surface area contributed by atoms with Gasteiger partial charge in [-0.2, -0.15) is 0 Å². The zero-order valence-electron chi connectivity index (χ0n) is 9.30. The van der Waals surface area contributed by atoms with Gasteiger partial charge in [-0.15, -0.1) is 0 Å². The van der Waals surface area contributed by atoms with E-state index in [0.29, 0.717) is 28.6 Å². The first-order valence-corrected chi connectivity index (χ1v) is 5.84. The van der Waals surface area contributed by atoms with Gasteiger partial charge in [-0.3, -0.25) is 4.79 Å². The predicted octanol–water partition coefficient (Wildman–Crippen LogP) is 1.48. The van der Waals surface area contributed by atoms with Gasteiger partial charge in [-0.05, 0) is 17.7 Å². The van der Waals surface area contributed by atoms with Crippen LogP contribution in [0.2, 0.25) is 5.02 Å². The van der Waals surface area contributed by atoms with Crippen LogP contribution in [0.3, 0.4) is 0 Å². The van der Waals surface area contributed by atoms with Crippen molar-refractivity contribution in [3.8, 4) is 11.1 Å². The number of hydrogen-bond acceptors (Lipinski definition) is 4. The van der Waals surface area contributed by atoms with E-state index in [0.717, 1.165) is 0 Å². The molecule has 1 aromatic heterocycles. The van der Waals surface area contributed by atoms with Crippen LogP contribution in [0.15, 0.2) is 35.3 Å². The second kappa shape index (κ2) is 4.12. The van der Waals surface area contributed by atoms with Gasteiger partial charge < -0.3 is 10.4 Å². The number of fused-ring (bicyclic) bond motifs is 1. The molecule has 1 unspecified atom stereocenters. The second-order valence-corrected chi connectivity index (χ2v) is 4.48. The lowest BCUT2D eigenvalue weighted by molar-refractivity contribution is 0.128. The molecule has 0 bridgehead atoms. The standard InChI is InChI=1S/C12H10ClN3O2/c13-8-3-1-2-7(4-8)9-5-14-12-15-6-10(17)16(12)11(9)18/h1-5,10,17H,6H2,(H,14,15). The van der Waals surface area contributed by atoms with Gasteiger partial charge in [0.1, 0.15) is 0 Å². The van der Waals surface area contributed by atoms with Gasteiger partial charge in [-0.25, -0.2) is 9.55 Å². The van der Waals surface area contributed by atoms with E-state index in [1.807, 2.05) is 0 Å². The maximum Gasteiger partial charge on any atom is 0.264 e. The van der Waals surface area contributed by atoms with E-state index >= 15 is 0 Å². The second-order valence-electron chi connectivity index (χ2n) is 4.04. The summed E-state index contributed by atoms with van der Waals surface area (Å²) in [5.74, 6) is 0.387. The first-order chi connectivity index (χ1) is 8.66. The van der Waals surface area contributed by atoms with Crippen molar-refractivity contribution in [2.45, 2.75) is 6.23 Å². The largest absolute Gasteiger partial charge is 0.371 e. The number of anilines is 1. The molecule has 0 amide bonds. The van der Waals surface area contributed by atoms with E-state index in [1.54, 1.807) is 24.3 Å². The average Bonchev–Trinajstić information content (AvgIpc) is 2.72. The minimum absolute atomic E-state index is 0.278. The molecule has 5 nitrogen and oxygen atoms in total. The number of halogens is 1. The molecule has 0 saturated carbocycles. The van der Waals surface area contributed by atoms with Gasteiger partial charge in [-0.1, -0.05) is 23.7 Å². The van der Waals surface area contributed by atoms with E-state index in [2.05, 4.69) is 10.3 Å². The van der Waals surface area contributed by atoms with Crippen LogP contribution in [0.25, 0.3) is 11.1 Å². The molecule has 18 heavy (non-hydrogen) atoms. The van der Waals surface area contributed by atoms with Gasteiger partial charge in [0.2, 0.25) is 5.95 Å². The summed E-state index contributed by atoms with van der Waals surface area (Å²) < 4.78 is 1.25. The fourth-order valence-electron chi connectivity index (χ4n) is 2.00. The van der Waals surface area contributed by atoms with Crippen molar-refractivity contribution in [1.29, 1.82) is 0 Å². The zero-order chi connectivity index (χ0) is 12.7. The number of aromatic nitrogens is 2. The Kier molecular flexibility index (Phi) is 2.57. The Bertz CT molecular complexity index is 669. The number of nitrogens with zero attached hydrogens (tertiary/aromatic N) is 2. The highest BCUT2D eigenvalue weighted by Crippen LogP contribution is 2.22. The maximum atomic E-state index is 12.3. The molecule has 1 aliphatic heterocycles. The van der Waals surface area contributed by atoms with Crippen molar-refractivity contribution in [1.82, 2.24) is 9.55 Å². The molecule has 0 aliphatic carbocycles. The molecule has 1 atom stereocenters. The third kappa shape index (κ3) is 1.68. The highest BCUT2D eigenvalue weighted by atomic mass is 35.5. The molecule has 2 N–H and O–H groups in total. The van der Waals surface area contributed by atoms with Crippen LogP contribution in [0.4, 0.5) is 5.95 Å². The molecule has 0 fully saturated rings. The highest BCUT2D eigenvalue weighted by molar-refractivity contribution is 6.30. The van der Waals surface area contributed by atoms with E-state index < -0.39 is 6.23 Å². The summed E-state index contributed by atoms with van der Waals surface area (Å²) >= 11 is 5.90. The predicted molar refractivity (Wildman–Crippen MR) is 68.7 cm³/mol. The molecule has 6 heteroatoms. The third-order valence-electron chi connectivity index (χ3n) is 2.87. The summed E-state index contributed by atoms with van der Waals surface area (Å²) in [7, 11) is 0. The van der Waals surface area contributed by atoms with Crippen LogP contribution < -0.4 is 10.9 Å². The Morgan fingerprint density at radius 2 is 2.33 bits per heavy atom. The van der Waals surface area contributed by atoms with Crippen molar-refractivity contribution < 1.29 is 5.11 Å². The molecule has 2 aromatic rings. The number of benzene rings is 1. The molecule has 3 rings (SSSR count). The highest BCUT2D eigenvalue weighted by Gasteiger charge is 2.23. The van der Waals surface area contributed by atoms with Crippen LogP contribution in [-0.2, 0) is 0 Å². The molecule has 92 valence electrons. The van der Waals surface area contributed by atoms with Gasteiger partial charge in [0.05, 0.1) is 12.1 Å². The number of hydrogen-bond donors (Lipinski definition) is 2. The van der Waals surface area contributed by atoms with E-state index in [9.17, 15) is 9.90 Å². The quantitative estimate of drug-likeness (QED) is 0.818. The molecule has 2 heterocycles. The van der Waals surface area contributed by atoms with Gasteiger partial charge in [0.15, 0.2) is 6.23 Å². The van der Waals surface area contributed by atoms with Gasteiger partial charge >= 0.3 is 0 Å². The fourth-order valence-corrected chi connectivity index (χ4v) is 2.19. The van der Waals surface area contributed by atoms with Crippen LogP contribution >= 0.6 is 11.6 Å². The van der Waals surface area contributed by atoms with Crippen LogP contribution in [0.5, 0.6) is 0 Å². The third-order valence-corrected chi connectivity index (χ3v) is 3.10. The summed E-state index contributed by atoms with van der Waals surface area (Å²) in [5, 5.41) is 13.1. The Labute approximate surface area is 108 Å². The van der Waals surface area contributed by atoms with Crippen LogP contribution in [-0.4, -0.2) is 21.2 Å². The molecule has 0 radical (unpaired) electrons. The molecular weight excluding hydrogens is 254 g/mol. The number of aliphatic hydroxyl groups excluding tert-OH is 1. The monoisotopic (exact) mass is 263 g/mol. The van der Waals surface area contributed by atoms with E-state index in [-0.39, 0.29) is 5.56 Å². The van der Waals surface area contributed by atoms with Crippen LogP contribution in [0.1, 0.15) is 6.23 Å². The Morgan fingerprint density at radius 1 is 1.50 bits per heavy atom. The lowest BCUT2D eigenvalue weighted by Crippen LogP contribution is -2.24. The van der Waals surface area contributed by atoms with Crippen molar-refractivity contribution in [3.63, 3.8) is 0 Å². The lowest BCUT2D eigenvalue weighted by atomic mass is 10.1. The number of rotatable bonds is 1. The fraction of sp³-hybridized carbons (Fsp3) is 0.167.